The molecule has 1 aromatic carbocycles. The van der Waals surface area contributed by atoms with Crippen molar-refractivity contribution in [3.8, 4) is 5.75 Å². The number of allylic oxidation sites excluding steroid dienone is 1. The second kappa shape index (κ2) is 11.0. The average molecular weight is 548 g/mol. The van der Waals surface area contributed by atoms with E-state index in [1.807, 2.05) is 20.8 Å². The molecule has 3 rings (SSSR count). The smallest absolute Gasteiger partial charge is 0.428 e. The second-order valence-electron chi connectivity index (χ2n) is 10.2. The minimum atomic E-state index is -4.64. The minimum absolute atomic E-state index is 0.0317. The number of amides is 1. The number of hydrogen-bond acceptors (Lipinski definition) is 6. The van der Waals surface area contributed by atoms with E-state index in [4.69, 9.17) is 5.73 Å². The van der Waals surface area contributed by atoms with Gasteiger partial charge in [-0.25, -0.2) is 8.42 Å². The predicted molar refractivity (Wildman–Crippen MR) is 133 cm³/mol. The average Bonchev–Trinajstić information content (AvgIpc) is 2.80. The molecule has 0 radical (unpaired) electrons. The van der Waals surface area contributed by atoms with E-state index >= 15 is 0 Å². The van der Waals surface area contributed by atoms with Gasteiger partial charge in [-0.3, -0.25) is 9.79 Å². The number of carbonyl (C=O) groups excluding carboxylic acids is 1. The van der Waals surface area contributed by atoms with Gasteiger partial charge in [0.25, 0.3) is 0 Å². The van der Waals surface area contributed by atoms with Crippen LogP contribution >= 0.6 is 0 Å². The van der Waals surface area contributed by atoms with E-state index in [1.165, 1.54) is 12.1 Å². The Morgan fingerprint density at radius 1 is 1.24 bits per heavy atom. The maximum atomic E-state index is 13.4. The zero-order valence-corrected chi connectivity index (χ0v) is 21.9. The van der Waals surface area contributed by atoms with Crippen molar-refractivity contribution in [2.45, 2.75) is 77.0 Å². The first-order valence-corrected chi connectivity index (χ1v) is 14.0. The van der Waals surface area contributed by atoms with Crippen LogP contribution in [0.5, 0.6) is 5.75 Å². The number of aliphatic imine (C=N–C) groups is 1. The van der Waals surface area contributed by atoms with Gasteiger partial charge in [-0.2, -0.15) is 17.6 Å². The van der Waals surface area contributed by atoms with E-state index in [2.05, 4.69) is 15.0 Å². The molecule has 1 aromatic rings. The first-order chi connectivity index (χ1) is 17.1. The number of rotatable bonds is 7. The van der Waals surface area contributed by atoms with Crippen LogP contribution in [0.15, 0.2) is 34.8 Å². The lowest BCUT2D eigenvalue weighted by molar-refractivity contribution is -0.253. The van der Waals surface area contributed by atoms with Crippen LogP contribution in [0, 0.1) is 5.92 Å². The van der Waals surface area contributed by atoms with Crippen LogP contribution < -0.4 is 15.8 Å². The van der Waals surface area contributed by atoms with Crippen molar-refractivity contribution < 1.29 is 35.5 Å². The quantitative estimate of drug-likeness (QED) is 0.494. The van der Waals surface area contributed by atoms with Gasteiger partial charge in [0.15, 0.2) is 0 Å². The Labute approximate surface area is 214 Å². The summed E-state index contributed by atoms with van der Waals surface area (Å²) in [6.07, 6.45) is -6.79. The molecule has 12 heteroatoms. The number of alkyl halides is 4. The number of halogens is 4. The topological polar surface area (TPSA) is 111 Å². The van der Waals surface area contributed by atoms with Gasteiger partial charge in [0.1, 0.15) is 15.6 Å². The van der Waals surface area contributed by atoms with E-state index < -0.39 is 39.6 Å². The third kappa shape index (κ3) is 7.45. The van der Waals surface area contributed by atoms with E-state index in [0.29, 0.717) is 49.0 Å². The van der Waals surface area contributed by atoms with Crippen molar-refractivity contribution in [3.63, 3.8) is 0 Å². The summed E-state index contributed by atoms with van der Waals surface area (Å²) < 4.78 is 79.6. The Balaban J connectivity index is 1.81. The van der Waals surface area contributed by atoms with Crippen molar-refractivity contribution in [1.29, 1.82) is 0 Å². The minimum Gasteiger partial charge on any atom is -0.428 e. The van der Waals surface area contributed by atoms with Crippen LogP contribution in [0.25, 0.3) is 5.70 Å². The van der Waals surface area contributed by atoms with Gasteiger partial charge in [-0.05, 0) is 64.2 Å². The molecule has 1 saturated heterocycles. The summed E-state index contributed by atoms with van der Waals surface area (Å²) in [5, 5.41) is 3.04. The molecule has 0 spiro atoms. The number of benzene rings is 1. The van der Waals surface area contributed by atoms with Gasteiger partial charge in [-0.15, -0.1) is 0 Å². The molecule has 1 aliphatic heterocycles. The Kier molecular flexibility index (Phi) is 8.60. The number of ether oxygens (including phenoxy) is 1. The normalized spacial score (nSPS) is 24.2. The molecule has 206 valence electrons. The summed E-state index contributed by atoms with van der Waals surface area (Å²) in [5.74, 6) is -0.970. The molecule has 0 aromatic heterocycles. The molecule has 2 fully saturated rings. The Hall–Kier alpha value is -2.63. The molecule has 0 bridgehead atoms. The summed E-state index contributed by atoms with van der Waals surface area (Å²) in [5.41, 5.74) is 7.62. The number of carbonyl (C=O) groups is 1. The van der Waals surface area contributed by atoms with E-state index in [1.54, 1.807) is 6.07 Å². The van der Waals surface area contributed by atoms with Crippen LogP contribution in [-0.4, -0.2) is 55.7 Å². The van der Waals surface area contributed by atoms with Crippen molar-refractivity contribution >= 4 is 27.2 Å². The number of nitrogens with zero attached hydrogens (tertiary/aromatic N) is 1. The highest BCUT2D eigenvalue weighted by molar-refractivity contribution is 7.91. The number of hydrogen-bond donors (Lipinski definition) is 2. The van der Waals surface area contributed by atoms with Gasteiger partial charge in [-0.1, -0.05) is 12.1 Å². The summed E-state index contributed by atoms with van der Waals surface area (Å²) in [6.45, 7) is 5.59. The molecule has 37 heavy (non-hydrogen) atoms. The summed E-state index contributed by atoms with van der Waals surface area (Å²) >= 11 is 0. The number of sulfone groups is 1. The molecule has 7 nitrogen and oxygen atoms in total. The summed E-state index contributed by atoms with van der Waals surface area (Å²) in [7, 11) is -3.08. The van der Waals surface area contributed by atoms with Crippen LogP contribution in [-0.2, 0) is 14.6 Å². The second-order valence-corrected chi connectivity index (χ2v) is 12.5. The van der Waals surface area contributed by atoms with Gasteiger partial charge < -0.3 is 15.8 Å². The van der Waals surface area contributed by atoms with Crippen LogP contribution in [0.2, 0.25) is 0 Å². The third-order valence-electron chi connectivity index (χ3n) is 6.65. The summed E-state index contributed by atoms with van der Waals surface area (Å²) in [4.78, 5) is 17.8. The number of nitrogens with one attached hydrogen (secondary N) is 1. The third-order valence-corrected chi connectivity index (χ3v) is 8.30. The van der Waals surface area contributed by atoms with Crippen LogP contribution in [0.3, 0.4) is 0 Å². The molecular weight excluding hydrogens is 514 g/mol. The van der Waals surface area contributed by atoms with E-state index in [-0.39, 0.29) is 29.2 Å². The molecule has 1 amide bonds. The molecule has 1 aliphatic carbocycles. The maximum absolute atomic E-state index is 13.4. The first-order valence-electron chi connectivity index (χ1n) is 12.1. The molecule has 1 heterocycles. The number of nitrogens with two attached hydrogens (primary N) is 1. The van der Waals surface area contributed by atoms with Crippen molar-refractivity contribution in [3.05, 3.63) is 35.4 Å². The van der Waals surface area contributed by atoms with Gasteiger partial charge >= 0.3 is 12.5 Å². The van der Waals surface area contributed by atoms with Gasteiger partial charge in [0.2, 0.25) is 5.91 Å². The molecule has 1 saturated carbocycles. The van der Waals surface area contributed by atoms with Crippen LogP contribution in [0.4, 0.5) is 17.6 Å². The SMILES string of the molecule is CC(C)N=C1C[C@H](C(=O)NC2(C)CCS(=O)(=O)CC2)CCC1=C(N)c1cccc(OC(F)(F)C(F)F)c1. The molecule has 0 unspecified atom stereocenters. The van der Waals surface area contributed by atoms with Gasteiger partial charge in [0, 0.05) is 40.9 Å². The fraction of sp³-hybridized carbons (Fsp3) is 0.600. The lowest BCUT2D eigenvalue weighted by Crippen LogP contribution is -2.53. The highest BCUT2D eigenvalue weighted by Crippen LogP contribution is 2.34. The molecule has 2 aliphatic rings. The lowest BCUT2D eigenvalue weighted by atomic mass is 9.81. The highest BCUT2D eigenvalue weighted by Gasteiger charge is 2.44. The Bertz CT molecular complexity index is 1170. The fourth-order valence-corrected chi connectivity index (χ4v) is 6.22. The largest absolute Gasteiger partial charge is 0.461 e. The summed E-state index contributed by atoms with van der Waals surface area (Å²) in [6, 6.07) is 5.13. The fourth-order valence-electron chi connectivity index (χ4n) is 4.49. The van der Waals surface area contributed by atoms with Gasteiger partial charge in [0.05, 0.1) is 11.5 Å². The maximum Gasteiger partial charge on any atom is 0.461 e. The van der Waals surface area contributed by atoms with E-state index in [9.17, 15) is 30.8 Å². The first kappa shape index (κ1) is 28.9. The zero-order valence-electron chi connectivity index (χ0n) is 21.1. The van der Waals surface area contributed by atoms with Crippen molar-refractivity contribution in [2.75, 3.05) is 11.5 Å². The Morgan fingerprint density at radius 3 is 2.49 bits per heavy atom. The lowest BCUT2D eigenvalue weighted by Gasteiger charge is -2.36. The monoisotopic (exact) mass is 547 g/mol. The van der Waals surface area contributed by atoms with Crippen molar-refractivity contribution in [2.24, 2.45) is 16.6 Å². The highest BCUT2D eigenvalue weighted by atomic mass is 32.2. The van der Waals surface area contributed by atoms with Crippen molar-refractivity contribution in [1.82, 2.24) is 5.32 Å². The Morgan fingerprint density at radius 2 is 1.89 bits per heavy atom. The predicted octanol–water partition coefficient (Wildman–Crippen LogP) is 4.33. The molecule has 1 atom stereocenters. The standard InChI is InChI=1S/C25H33F4N3O4S/c1-15(2)31-20-14-17(22(33)32-24(3)9-11-37(34,35)12-10-24)7-8-19(20)21(30)16-5-4-6-18(13-16)36-25(28,29)23(26)27/h4-6,13,15,17,23H,7-12,14,30H2,1-3H3,(H,32,33)/t17-/m1/s1. The van der Waals surface area contributed by atoms with E-state index in [0.717, 1.165) is 6.07 Å². The molecule has 3 N–H and O–H groups in total. The molecular formula is C25H33F4N3O4S. The van der Waals surface area contributed by atoms with Crippen LogP contribution in [0.1, 0.15) is 58.4 Å². The zero-order chi connectivity index (χ0) is 27.6.